The molecule has 0 atom stereocenters. The van der Waals surface area contributed by atoms with Crippen LogP contribution in [0.25, 0.3) is 0 Å². The van der Waals surface area contributed by atoms with Gasteiger partial charge in [0.15, 0.2) is 0 Å². The molecule has 0 aromatic heterocycles. The summed E-state index contributed by atoms with van der Waals surface area (Å²) in [5, 5.41) is 5.81. The Morgan fingerprint density at radius 3 is 0.552 bits per heavy atom. The van der Waals surface area contributed by atoms with E-state index in [0.717, 1.165) is 0 Å². The first-order valence-corrected chi connectivity index (χ1v) is 10.0. The van der Waals surface area contributed by atoms with Gasteiger partial charge in [0, 0.05) is 56.4 Å². The van der Waals surface area contributed by atoms with Gasteiger partial charge >= 0.3 is 21.1 Å². The zero-order valence-corrected chi connectivity index (χ0v) is 25.6. The first kappa shape index (κ1) is 40.3. The Morgan fingerprint density at radius 1 is 0.448 bits per heavy atom. The van der Waals surface area contributed by atoms with Crippen molar-refractivity contribution >= 4 is 117 Å². The van der Waals surface area contributed by atoms with Gasteiger partial charge in [0.05, 0.1) is 17.5 Å². The molecule has 0 heterocycles. The van der Waals surface area contributed by atoms with Gasteiger partial charge in [-0.15, -0.1) is 0 Å². The van der Waals surface area contributed by atoms with E-state index >= 15 is 0 Å². The maximum atomic E-state index is 4.63. The smallest absolute Gasteiger partial charge is 0.427 e. The topological polar surface area (TPSA) is 49.9 Å². The summed E-state index contributed by atoms with van der Waals surface area (Å²) in [6, 6.07) is 0. The fourth-order valence-electron chi connectivity index (χ4n) is 0.596. The molecule has 0 N–H and O–H groups in total. The van der Waals surface area contributed by atoms with E-state index in [9.17, 15) is 0 Å². The molecule has 0 aliphatic carbocycles. The fourth-order valence-corrected chi connectivity index (χ4v) is 1.79. The van der Waals surface area contributed by atoms with Crippen LogP contribution >= 0.6 is 48.9 Å². The Balaban J connectivity index is -0.0000000873. The first-order valence-electron chi connectivity index (χ1n) is 6.76. The fraction of sp³-hybridized carbons (Fsp3) is 0.667. The molecular formula is C12H24MoN4O4S8. The van der Waals surface area contributed by atoms with Crippen LogP contribution in [-0.4, -0.2) is 94.2 Å². The SMILES string of the molecule is CN(C)OC(=S)[S-].CN(C)OC(=S)[S-].CN(C)OC(=S)[S-].CN(C)OC(=S)[S-].[Mo+4]. The van der Waals surface area contributed by atoms with Crippen molar-refractivity contribution < 1.29 is 40.4 Å². The summed E-state index contributed by atoms with van der Waals surface area (Å²) in [7, 11) is 13.8. The molecule has 0 bridgehead atoms. The van der Waals surface area contributed by atoms with Gasteiger partial charge in [-0.1, -0.05) is 0 Å². The van der Waals surface area contributed by atoms with E-state index in [1.54, 1.807) is 56.4 Å². The number of rotatable bonds is 4. The van der Waals surface area contributed by atoms with E-state index in [1.807, 2.05) is 0 Å². The number of hydrogen-bond acceptors (Lipinski definition) is 16. The van der Waals surface area contributed by atoms with E-state index < -0.39 is 0 Å². The van der Waals surface area contributed by atoms with Gasteiger partial charge in [-0.05, 0) is 0 Å². The Bertz CT molecular complexity index is 380. The zero-order valence-electron chi connectivity index (χ0n) is 17.1. The van der Waals surface area contributed by atoms with E-state index in [1.165, 1.54) is 20.3 Å². The number of thiocarbonyl (C=S) groups is 4. The summed E-state index contributed by atoms with van der Waals surface area (Å²) in [5.41, 5.74) is 0. The van der Waals surface area contributed by atoms with Crippen LogP contribution in [0, 0.1) is 0 Å². The van der Waals surface area contributed by atoms with Crippen molar-refractivity contribution in [3.63, 3.8) is 0 Å². The largest absolute Gasteiger partial charge is 4.00 e. The summed E-state index contributed by atoms with van der Waals surface area (Å²) >= 11 is 35.4. The third-order valence-corrected chi connectivity index (χ3v) is 1.62. The molecule has 0 fully saturated rings. The molecule has 17 heteroatoms. The standard InChI is InChI=1S/4C3H7NOS2.Mo/c4*1-4(2)5-3(6)7;/h4*1-2H3,(H,6,7);/q;;;;+4/p-4. The molecule has 0 amide bonds. The van der Waals surface area contributed by atoms with Crippen molar-refractivity contribution in [2.45, 2.75) is 0 Å². The minimum Gasteiger partial charge on any atom is -0.427 e. The Kier molecular flexibility index (Phi) is 37.6. The van der Waals surface area contributed by atoms with E-state index in [2.05, 4.69) is 119 Å². The Morgan fingerprint density at radius 2 is 0.552 bits per heavy atom. The maximum Gasteiger partial charge on any atom is 4.00 e. The maximum absolute atomic E-state index is 4.63. The molecule has 0 radical (unpaired) electrons. The van der Waals surface area contributed by atoms with Gasteiger partial charge in [0.1, 0.15) is 0 Å². The minimum atomic E-state index is 0. The van der Waals surface area contributed by atoms with Crippen LogP contribution in [0.15, 0.2) is 0 Å². The second-order valence-electron chi connectivity index (χ2n) is 4.61. The van der Waals surface area contributed by atoms with Gasteiger partial charge in [0.2, 0.25) is 0 Å². The average Bonchev–Trinajstić information content (AvgIpc) is 2.32. The first-order chi connectivity index (χ1) is 12.5. The zero-order chi connectivity index (χ0) is 23.4. The molecule has 0 saturated carbocycles. The van der Waals surface area contributed by atoms with Crippen LogP contribution in [0.5, 0.6) is 0 Å². The average molecular weight is 641 g/mol. The Labute approximate surface area is 232 Å². The molecule has 0 aliphatic rings. The normalized spacial score (nSPS) is 8.69. The minimum absolute atomic E-state index is 0. The van der Waals surface area contributed by atoms with E-state index in [0.29, 0.717) is 0 Å². The molecule has 0 unspecified atom stereocenters. The monoisotopic (exact) mass is 642 g/mol. The predicted molar refractivity (Wildman–Crippen MR) is 139 cm³/mol. The summed E-state index contributed by atoms with van der Waals surface area (Å²) < 4.78 is 0.519. The van der Waals surface area contributed by atoms with Crippen LogP contribution in [0.2, 0.25) is 0 Å². The van der Waals surface area contributed by atoms with Crippen LogP contribution in [0.1, 0.15) is 0 Å². The third-order valence-electron chi connectivity index (χ3n) is 1.03. The molecule has 29 heavy (non-hydrogen) atoms. The van der Waals surface area contributed by atoms with Gasteiger partial charge in [-0.3, -0.25) is 0 Å². The quantitative estimate of drug-likeness (QED) is 0.192. The Hall–Kier alpha value is 0.968. The summed E-state index contributed by atoms with van der Waals surface area (Å²) in [6.45, 7) is 0. The number of hydrogen-bond donors (Lipinski definition) is 0. The molecule has 0 aromatic rings. The van der Waals surface area contributed by atoms with Crippen LogP contribution in [-0.2, 0) is 90.9 Å². The van der Waals surface area contributed by atoms with E-state index in [-0.39, 0.29) is 38.6 Å². The van der Waals surface area contributed by atoms with Crippen molar-refractivity contribution in [2.24, 2.45) is 0 Å². The summed E-state index contributed by atoms with van der Waals surface area (Å²) in [5.74, 6) is 0. The van der Waals surface area contributed by atoms with Gasteiger partial charge in [-0.25, -0.2) is 0 Å². The second kappa shape index (κ2) is 27.0. The van der Waals surface area contributed by atoms with Crippen molar-refractivity contribution in [3.05, 3.63) is 0 Å². The van der Waals surface area contributed by atoms with Crippen LogP contribution < -0.4 is 0 Å². The number of hydroxylamine groups is 8. The van der Waals surface area contributed by atoms with E-state index in [4.69, 9.17) is 0 Å². The van der Waals surface area contributed by atoms with Gasteiger partial charge in [0.25, 0.3) is 0 Å². The van der Waals surface area contributed by atoms with Crippen LogP contribution in [0.4, 0.5) is 0 Å². The van der Waals surface area contributed by atoms with Crippen LogP contribution in [0.3, 0.4) is 0 Å². The van der Waals surface area contributed by atoms with Crippen molar-refractivity contribution in [1.82, 2.24) is 20.3 Å². The molecule has 170 valence electrons. The van der Waals surface area contributed by atoms with Gasteiger partial charge < -0.3 is 119 Å². The summed E-state index contributed by atoms with van der Waals surface area (Å²) in [6.07, 6.45) is 0. The third kappa shape index (κ3) is 73.2. The molecule has 0 aromatic carbocycles. The number of nitrogens with zero attached hydrogens (tertiary/aromatic N) is 4. The predicted octanol–water partition coefficient (Wildman–Crippen LogP) is 1.24. The van der Waals surface area contributed by atoms with Crippen molar-refractivity contribution in [1.29, 1.82) is 0 Å². The molecule has 0 saturated heterocycles. The molecule has 0 spiro atoms. The van der Waals surface area contributed by atoms with Gasteiger partial charge in [-0.2, -0.15) is 20.3 Å². The second-order valence-corrected chi connectivity index (χ2v) is 8.61. The molecule has 8 nitrogen and oxygen atoms in total. The van der Waals surface area contributed by atoms with Crippen molar-refractivity contribution in [3.8, 4) is 0 Å². The van der Waals surface area contributed by atoms with Crippen molar-refractivity contribution in [2.75, 3.05) is 56.4 Å². The molecule has 0 aliphatic heterocycles. The molecular weight excluding hydrogens is 617 g/mol. The summed E-state index contributed by atoms with van der Waals surface area (Å²) in [4.78, 5) is 18.5. The molecule has 0 rings (SSSR count).